The highest BCUT2D eigenvalue weighted by Crippen LogP contribution is 2.64. The Morgan fingerprint density at radius 2 is 2.00 bits per heavy atom. The van der Waals surface area contributed by atoms with Gasteiger partial charge in [0.2, 0.25) is 5.13 Å². The Labute approximate surface area is 199 Å². The summed E-state index contributed by atoms with van der Waals surface area (Å²) >= 11 is 7.89. The molecule has 4 aliphatic rings. The average Bonchev–Trinajstić information content (AvgIpc) is 3.29. The Bertz CT molecular complexity index is 1120. The van der Waals surface area contributed by atoms with E-state index in [1.165, 1.54) is 29.8 Å². The molecule has 1 heterocycles. The Kier molecular flexibility index (Phi) is 4.95. The molecule has 6 rings (SSSR count). The lowest BCUT2D eigenvalue weighted by Crippen LogP contribution is -2.51. The standard InChI is InChI=1S/C27H31ClN2OS/c1-26-10-8-19(31)13-17(26)6-7-20-21(26)9-11-27(2)22(20)14-23-24(27)30-25(32-23)29-15-16-4-3-5-18(28)12-16/h3-6,12,15,19-22,31H,7-11,13-14H2,1-2H3/b29-15+/t19-,20?,21?,22?,26-,27-/m0/s1. The number of halogens is 1. The molecule has 3 unspecified atom stereocenters. The summed E-state index contributed by atoms with van der Waals surface area (Å²) in [6, 6.07) is 7.78. The lowest BCUT2D eigenvalue weighted by molar-refractivity contribution is -0.0169. The third-order valence-corrected chi connectivity index (χ3v) is 10.5. The largest absolute Gasteiger partial charge is 0.393 e. The first-order chi connectivity index (χ1) is 15.4. The topological polar surface area (TPSA) is 45.5 Å². The monoisotopic (exact) mass is 466 g/mol. The molecule has 1 aromatic carbocycles. The van der Waals surface area contributed by atoms with Crippen molar-refractivity contribution < 1.29 is 5.11 Å². The van der Waals surface area contributed by atoms with E-state index in [4.69, 9.17) is 21.6 Å². The Balaban J connectivity index is 1.27. The molecule has 3 nitrogen and oxygen atoms in total. The average molecular weight is 467 g/mol. The lowest BCUT2D eigenvalue weighted by atomic mass is 9.48. The van der Waals surface area contributed by atoms with Gasteiger partial charge in [-0.2, -0.15) is 0 Å². The van der Waals surface area contributed by atoms with Crippen LogP contribution in [0, 0.1) is 23.2 Å². The number of thiazole rings is 1. The minimum Gasteiger partial charge on any atom is -0.393 e. The van der Waals surface area contributed by atoms with Gasteiger partial charge in [0.25, 0.3) is 0 Å². The number of hydrogen-bond donors (Lipinski definition) is 1. The molecule has 5 heteroatoms. The van der Waals surface area contributed by atoms with Crippen LogP contribution in [-0.4, -0.2) is 22.4 Å². The summed E-state index contributed by atoms with van der Waals surface area (Å²) in [4.78, 5) is 11.2. The van der Waals surface area contributed by atoms with Crippen LogP contribution in [0.3, 0.4) is 0 Å². The van der Waals surface area contributed by atoms with Crippen molar-refractivity contribution in [3.05, 3.63) is 57.1 Å². The molecular weight excluding hydrogens is 436 g/mol. The van der Waals surface area contributed by atoms with Gasteiger partial charge in [-0.25, -0.2) is 9.98 Å². The van der Waals surface area contributed by atoms with Crippen molar-refractivity contribution >= 4 is 34.3 Å². The van der Waals surface area contributed by atoms with E-state index in [1.807, 2.05) is 30.5 Å². The maximum atomic E-state index is 10.2. The van der Waals surface area contributed by atoms with Crippen LogP contribution >= 0.6 is 22.9 Å². The molecule has 0 spiro atoms. The number of rotatable bonds is 2. The van der Waals surface area contributed by atoms with Crippen LogP contribution < -0.4 is 0 Å². The Morgan fingerprint density at radius 3 is 2.84 bits per heavy atom. The van der Waals surface area contributed by atoms with Crippen LogP contribution in [0.4, 0.5) is 5.13 Å². The number of aliphatic hydroxyl groups excluding tert-OH is 1. The van der Waals surface area contributed by atoms with Crippen molar-refractivity contribution in [2.24, 2.45) is 28.2 Å². The summed E-state index contributed by atoms with van der Waals surface area (Å²) in [5.74, 6) is 2.17. The third-order valence-electron chi connectivity index (χ3n) is 9.27. The van der Waals surface area contributed by atoms with E-state index >= 15 is 0 Å². The number of benzene rings is 1. The second kappa shape index (κ2) is 7.51. The van der Waals surface area contributed by atoms with Crippen LogP contribution in [0.1, 0.15) is 68.5 Å². The summed E-state index contributed by atoms with van der Waals surface area (Å²) < 4.78 is 0. The van der Waals surface area contributed by atoms with Crippen LogP contribution in [0.15, 0.2) is 40.9 Å². The first kappa shape index (κ1) is 21.1. The Morgan fingerprint density at radius 1 is 1.16 bits per heavy atom. The Hall–Kier alpha value is -1.49. The van der Waals surface area contributed by atoms with Gasteiger partial charge in [-0.1, -0.05) is 60.6 Å². The molecule has 0 saturated heterocycles. The number of allylic oxidation sites excluding steroid dienone is 1. The maximum absolute atomic E-state index is 10.2. The number of fused-ring (bicyclic) bond motifs is 7. The van der Waals surface area contributed by atoms with E-state index in [9.17, 15) is 5.11 Å². The van der Waals surface area contributed by atoms with Crippen LogP contribution in [-0.2, 0) is 11.8 Å². The molecule has 32 heavy (non-hydrogen) atoms. The normalized spacial score (nSPS) is 38.1. The van der Waals surface area contributed by atoms with E-state index < -0.39 is 0 Å². The molecule has 4 aliphatic carbocycles. The van der Waals surface area contributed by atoms with Crippen molar-refractivity contribution in [1.29, 1.82) is 0 Å². The number of aliphatic hydroxyl groups is 1. The van der Waals surface area contributed by atoms with Gasteiger partial charge in [0.05, 0.1) is 11.8 Å². The summed E-state index contributed by atoms with van der Waals surface area (Å²) in [6.45, 7) is 4.96. The SMILES string of the molecule is C[C@]12CC[C@H](O)CC1=CCC1C2CC[C@]2(C)c3nc(/N=C/c4cccc(Cl)c4)sc3CC12. The van der Waals surface area contributed by atoms with Crippen molar-refractivity contribution in [3.8, 4) is 0 Å². The quantitative estimate of drug-likeness (QED) is 0.387. The molecule has 0 amide bonds. The molecule has 2 fully saturated rings. The van der Waals surface area contributed by atoms with Crippen LogP contribution in [0.2, 0.25) is 5.02 Å². The number of hydrogen-bond acceptors (Lipinski definition) is 4. The molecule has 0 bridgehead atoms. The van der Waals surface area contributed by atoms with Gasteiger partial charge in [0, 0.05) is 21.5 Å². The molecule has 0 aliphatic heterocycles. The fraction of sp³-hybridized carbons (Fsp3) is 0.556. The molecule has 0 radical (unpaired) electrons. The maximum Gasteiger partial charge on any atom is 0.209 e. The van der Waals surface area contributed by atoms with Crippen molar-refractivity contribution in [1.82, 2.24) is 4.98 Å². The van der Waals surface area contributed by atoms with Gasteiger partial charge in [0.1, 0.15) is 0 Å². The predicted molar refractivity (Wildman–Crippen MR) is 132 cm³/mol. The van der Waals surface area contributed by atoms with E-state index in [2.05, 4.69) is 19.9 Å². The second-order valence-electron chi connectivity index (χ2n) is 10.9. The van der Waals surface area contributed by atoms with Gasteiger partial charge in [-0.05, 0) is 85.8 Å². The number of aromatic nitrogens is 1. The van der Waals surface area contributed by atoms with Crippen molar-refractivity contribution in [2.75, 3.05) is 0 Å². The summed E-state index contributed by atoms with van der Waals surface area (Å²) in [6.07, 6.45) is 12.1. The summed E-state index contributed by atoms with van der Waals surface area (Å²) in [5, 5.41) is 11.8. The third kappa shape index (κ3) is 3.17. The minimum atomic E-state index is -0.131. The zero-order chi connectivity index (χ0) is 22.1. The zero-order valence-electron chi connectivity index (χ0n) is 18.9. The van der Waals surface area contributed by atoms with E-state index in [0.717, 1.165) is 53.2 Å². The fourth-order valence-corrected chi connectivity index (χ4v) is 8.83. The smallest absolute Gasteiger partial charge is 0.209 e. The highest BCUT2D eigenvalue weighted by atomic mass is 35.5. The minimum absolute atomic E-state index is 0.131. The first-order valence-electron chi connectivity index (χ1n) is 12.0. The highest BCUT2D eigenvalue weighted by molar-refractivity contribution is 7.15. The van der Waals surface area contributed by atoms with E-state index in [0.29, 0.717) is 11.3 Å². The summed E-state index contributed by atoms with van der Waals surface area (Å²) in [7, 11) is 0. The van der Waals surface area contributed by atoms with Crippen LogP contribution in [0.5, 0.6) is 0 Å². The van der Waals surface area contributed by atoms with Gasteiger partial charge in [-0.3, -0.25) is 0 Å². The first-order valence-corrected chi connectivity index (χ1v) is 13.2. The van der Waals surface area contributed by atoms with Gasteiger partial charge in [-0.15, -0.1) is 0 Å². The van der Waals surface area contributed by atoms with E-state index in [-0.39, 0.29) is 11.5 Å². The molecular formula is C27H31ClN2OS. The highest BCUT2D eigenvalue weighted by Gasteiger charge is 2.58. The lowest BCUT2D eigenvalue weighted by Gasteiger charge is -2.57. The molecule has 6 atom stereocenters. The predicted octanol–water partition coefficient (Wildman–Crippen LogP) is 6.88. The van der Waals surface area contributed by atoms with Crippen molar-refractivity contribution in [3.63, 3.8) is 0 Å². The fourth-order valence-electron chi connectivity index (χ4n) is 7.53. The van der Waals surface area contributed by atoms with Gasteiger partial charge < -0.3 is 5.11 Å². The van der Waals surface area contributed by atoms with Gasteiger partial charge in [0.15, 0.2) is 0 Å². The molecule has 2 saturated carbocycles. The van der Waals surface area contributed by atoms with Crippen molar-refractivity contribution in [2.45, 2.75) is 70.3 Å². The molecule has 1 aromatic heterocycles. The number of nitrogens with zero attached hydrogens (tertiary/aromatic N) is 2. The summed E-state index contributed by atoms with van der Waals surface area (Å²) in [5.41, 5.74) is 4.34. The van der Waals surface area contributed by atoms with E-state index in [1.54, 1.807) is 16.9 Å². The van der Waals surface area contributed by atoms with Crippen LogP contribution in [0.25, 0.3) is 0 Å². The second-order valence-corrected chi connectivity index (χ2v) is 12.4. The molecule has 1 N–H and O–H groups in total. The van der Waals surface area contributed by atoms with Gasteiger partial charge >= 0.3 is 0 Å². The number of aliphatic imine (C=N–C) groups is 1. The zero-order valence-corrected chi connectivity index (χ0v) is 20.4. The molecule has 168 valence electrons. The molecule has 2 aromatic rings.